The Morgan fingerprint density at radius 2 is 2.04 bits per heavy atom. The molecule has 0 atom stereocenters. The van der Waals surface area contributed by atoms with Crippen LogP contribution in [0.3, 0.4) is 0 Å². The summed E-state index contributed by atoms with van der Waals surface area (Å²) in [6.07, 6.45) is 2.50. The zero-order valence-corrected chi connectivity index (χ0v) is 13.8. The van der Waals surface area contributed by atoms with Gasteiger partial charge in [0.2, 0.25) is 0 Å². The third-order valence-electron chi connectivity index (χ3n) is 4.10. The molecular formula is C18H15ClN4O. The van der Waals surface area contributed by atoms with Crippen LogP contribution < -0.4 is 5.32 Å². The normalized spacial score (nSPS) is 13.5. The summed E-state index contributed by atoms with van der Waals surface area (Å²) in [4.78, 5) is 24.2. The molecule has 1 aromatic carbocycles. The van der Waals surface area contributed by atoms with Crippen LogP contribution in [0.15, 0.2) is 36.5 Å². The number of aromatic nitrogens is 3. The summed E-state index contributed by atoms with van der Waals surface area (Å²) in [5, 5.41) is 3.46. The predicted octanol–water partition coefficient (Wildman–Crippen LogP) is 3.39. The van der Waals surface area contributed by atoms with E-state index in [1.165, 1.54) is 0 Å². The molecule has 1 aliphatic rings. The first kappa shape index (κ1) is 14.9. The van der Waals surface area contributed by atoms with Gasteiger partial charge in [0.1, 0.15) is 0 Å². The fraction of sp³-hybridized carbons (Fsp3) is 0.167. The third kappa shape index (κ3) is 2.57. The van der Waals surface area contributed by atoms with Crippen LogP contribution in [0.25, 0.3) is 22.8 Å². The number of benzene rings is 1. The molecule has 120 valence electrons. The second-order valence-electron chi connectivity index (χ2n) is 5.83. The van der Waals surface area contributed by atoms with Gasteiger partial charge in [-0.1, -0.05) is 23.2 Å². The van der Waals surface area contributed by atoms with Crippen molar-refractivity contribution in [2.45, 2.75) is 13.3 Å². The number of amides is 1. The molecule has 0 fully saturated rings. The Morgan fingerprint density at radius 3 is 2.88 bits per heavy atom. The van der Waals surface area contributed by atoms with Crippen molar-refractivity contribution in [3.05, 3.63) is 58.4 Å². The van der Waals surface area contributed by atoms with Crippen molar-refractivity contribution in [2.24, 2.45) is 0 Å². The second-order valence-corrected chi connectivity index (χ2v) is 6.24. The van der Waals surface area contributed by atoms with Crippen molar-refractivity contribution in [1.29, 1.82) is 0 Å². The molecule has 24 heavy (non-hydrogen) atoms. The number of aromatic amines is 1. The van der Waals surface area contributed by atoms with E-state index < -0.39 is 0 Å². The highest BCUT2D eigenvalue weighted by molar-refractivity contribution is 6.33. The number of halogens is 1. The molecule has 1 amide bonds. The number of aryl methyl sites for hydroxylation is 1. The molecule has 0 unspecified atom stereocenters. The van der Waals surface area contributed by atoms with Crippen LogP contribution in [0.4, 0.5) is 0 Å². The van der Waals surface area contributed by atoms with Crippen LogP contribution in [0.5, 0.6) is 0 Å². The molecule has 0 radical (unpaired) electrons. The monoisotopic (exact) mass is 338 g/mol. The van der Waals surface area contributed by atoms with Crippen molar-refractivity contribution < 1.29 is 4.79 Å². The number of hydrogen-bond donors (Lipinski definition) is 2. The standard InChI is InChI=1S/C18H15ClN4O/c1-10-2-3-13(19)11(8-10)17-20-6-5-15(23-17)16-9-12-14(22-16)4-7-21-18(12)24/h2-3,5-6,8-9,22H,4,7H2,1H3,(H,21,24). The number of hydrogen-bond acceptors (Lipinski definition) is 3. The molecule has 0 bridgehead atoms. The average molecular weight is 339 g/mol. The molecule has 0 aliphatic carbocycles. The van der Waals surface area contributed by atoms with Crippen molar-refractivity contribution in [1.82, 2.24) is 20.3 Å². The number of fused-ring (bicyclic) bond motifs is 1. The first-order chi connectivity index (χ1) is 11.6. The minimum atomic E-state index is -0.0465. The van der Waals surface area contributed by atoms with Gasteiger partial charge in [-0.25, -0.2) is 9.97 Å². The summed E-state index contributed by atoms with van der Waals surface area (Å²) in [5.41, 5.74) is 5.07. The van der Waals surface area contributed by atoms with E-state index in [0.717, 1.165) is 34.6 Å². The zero-order valence-electron chi connectivity index (χ0n) is 13.1. The van der Waals surface area contributed by atoms with Gasteiger partial charge in [-0.3, -0.25) is 4.79 Å². The Balaban J connectivity index is 1.78. The van der Waals surface area contributed by atoms with Crippen LogP contribution in [-0.4, -0.2) is 27.4 Å². The molecule has 2 N–H and O–H groups in total. The van der Waals surface area contributed by atoms with Gasteiger partial charge in [0.25, 0.3) is 5.91 Å². The van der Waals surface area contributed by atoms with Crippen molar-refractivity contribution in [3.8, 4) is 22.8 Å². The lowest BCUT2D eigenvalue weighted by Crippen LogP contribution is -2.31. The largest absolute Gasteiger partial charge is 0.356 e. The van der Waals surface area contributed by atoms with Crippen LogP contribution in [0, 0.1) is 6.92 Å². The molecule has 3 heterocycles. The minimum Gasteiger partial charge on any atom is -0.356 e. The maximum atomic E-state index is 11.9. The predicted molar refractivity (Wildman–Crippen MR) is 93.0 cm³/mol. The summed E-state index contributed by atoms with van der Waals surface area (Å²) in [5.74, 6) is 0.521. The Labute approximate surface area is 144 Å². The van der Waals surface area contributed by atoms with Gasteiger partial charge in [-0.2, -0.15) is 0 Å². The maximum Gasteiger partial charge on any atom is 0.253 e. The Kier molecular flexibility index (Phi) is 3.58. The summed E-state index contributed by atoms with van der Waals surface area (Å²) in [7, 11) is 0. The van der Waals surface area contributed by atoms with Gasteiger partial charge in [0, 0.05) is 30.4 Å². The number of H-pyrrole nitrogens is 1. The quantitative estimate of drug-likeness (QED) is 0.752. The number of carbonyl (C=O) groups is 1. The third-order valence-corrected chi connectivity index (χ3v) is 4.43. The minimum absolute atomic E-state index is 0.0465. The topological polar surface area (TPSA) is 70.7 Å². The lowest BCUT2D eigenvalue weighted by atomic mass is 10.1. The summed E-state index contributed by atoms with van der Waals surface area (Å²) < 4.78 is 0. The summed E-state index contributed by atoms with van der Waals surface area (Å²) >= 11 is 6.29. The first-order valence-electron chi connectivity index (χ1n) is 7.72. The second kappa shape index (κ2) is 5.76. The maximum absolute atomic E-state index is 11.9. The molecule has 0 saturated heterocycles. The van der Waals surface area contributed by atoms with Gasteiger partial charge in [0.15, 0.2) is 5.82 Å². The SMILES string of the molecule is Cc1ccc(Cl)c(-c2nccc(-c3cc4c([nH]3)CCNC4=O)n2)c1. The molecule has 0 saturated carbocycles. The van der Waals surface area contributed by atoms with Gasteiger partial charge < -0.3 is 10.3 Å². The summed E-state index contributed by atoms with van der Waals surface area (Å²) in [6.45, 7) is 2.65. The van der Waals surface area contributed by atoms with Crippen molar-refractivity contribution in [3.63, 3.8) is 0 Å². The molecule has 4 rings (SSSR count). The molecule has 0 spiro atoms. The highest BCUT2D eigenvalue weighted by Crippen LogP contribution is 2.28. The van der Waals surface area contributed by atoms with Crippen LogP contribution in [0.2, 0.25) is 5.02 Å². The van der Waals surface area contributed by atoms with Gasteiger partial charge in [-0.15, -0.1) is 0 Å². The Bertz CT molecular complexity index is 948. The van der Waals surface area contributed by atoms with E-state index in [1.807, 2.05) is 37.3 Å². The molecule has 6 heteroatoms. The fourth-order valence-electron chi connectivity index (χ4n) is 2.88. The highest BCUT2D eigenvalue weighted by atomic mass is 35.5. The van der Waals surface area contributed by atoms with Crippen LogP contribution in [0.1, 0.15) is 21.6 Å². The lowest BCUT2D eigenvalue weighted by molar-refractivity contribution is 0.0946. The molecule has 1 aliphatic heterocycles. The van der Waals surface area contributed by atoms with Gasteiger partial charge >= 0.3 is 0 Å². The zero-order chi connectivity index (χ0) is 16.7. The number of rotatable bonds is 2. The van der Waals surface area contributed by atoms with E-state index in [4.69, 9.17) is 11.6 Å². The van der Waals surface area contributed by atoms with E-state index in [2.05, 4.69) is 20.3 Å². The van der Waals surface area contributed by atoms with E-state index >= 15 is 0 Å². The van der Waals surface area contributed by atoms with Crippen LogP contribution >= 0.6 is 11.6 Å². The van der Waals surface area contributed by atoms with Gasteiger partial charge in [-0.05, 0) is 31.2 Å². The lowest BCUT2D eigenvalue weighted by Gasteiger charge is -2.10. The summed E-state index contributed by atoms with van der Waals surface area (Å²) in [6, 6.07) is 9.43. The van der Waals surface area contributed by atoms with Crippen molar-refractivity contribution >= 4 is 17.5 Å². The number of carbonyl (C=O) groups excluding carboxylic acids is 1. The number of nitrogens with zero attached hydrogens (tertiary/aromatic N) is 2. The van der Waals surface area contributed by atoms with E-state index in [0.29, 0.717) is 23.0 Å². The van der Waals surface area contributed by atoms with E-state index in [9.17, 15) is 4.79 Å². The van der Waals surface area contributed by atoms with E-state index in [-0.39, 0.29) is 5.91 Å². The van der Waals surface area contributed by atoms with Crippen LogP contribution in [-0.2, 0) is 6.42 Å². The smallest absolute Gasteiger partial charge is 0.253 e. The van der Waals surface area contributed by atoms with Crippen molar-refractivity contribution in [2.75, 3.05) is 6.54 Å². The fourth-order valence-corrected chi connectivity index (χ4v) is 3.08. The first-order valence-corrected chi connectivity index (χ1v) is 8.09. The molecule has 3 aromatic rings. The Hall–Kier alpha value is -2.66. The van der Waals surface area contributed by atoms with Gasteiger partial charge in [0.05, 0.1) is 22.0 Å². The number of nitrogens with one attached hydrogen (secondary N) is 2. The average Bonchev–Trinajstić information content (AvgIpc) is 3.03. The molecule has 5 nitrogen and oxygen atoms in total. The van der Waals surface area contributed by atoms with E-state index in [1.54, 1.807) is 6.20 Å². The molecular weight excluding hydrogens is 324 g/mol. The molecule has 2 aromatic heterocycles. The Morgan fingerprint density at radius 1 is 1.17 bits per heavy atom. The highest BCUT2D eigenvalue weighted by Gasteiger charge is 2.20.